The maximum Gasteiger partial charge on any atom is 0.304 e. The van der Waals surface area contributed by atoms with Crippen LogP contribution in [0.3, 0.4) is 0 Å². The lowest BCUT2D eigenvalue weighted by Crippen LogP contribution is -2.22. The van der Waals surface area contributed by atoms with E-state index < -0.39 is 5.97 Å². The molecule has 15 heavy (non-hydrogen) atoms. The Morgan fingerprint density at radius 1 is 1.53 bits per heavy atom. The largest absolute Gasteiger partial charge is 0.481 e. The van der Waals surface area contributed by atoms with Gasteiger partial charge in [-0.3, -0.25) is 4.79 Å². The molecule has 1 unspecified atom stereocenters. The quantitative estimate of drug-likeness (QED) is 0.813. The lowest BCUT2D eigenvalue weighted by molar-refractivity contribution is -0.136. The van der Waals surface area contributed by atoms with Gasteiger partial charge < -0.3 is 10.4 Å². The molecule has 0 heterocycles. The Hall–Kier alpha value is -1.06. The number of benzene rings is 1. The number of carboxylic acids is 1. The maximum atomic E-state index is 10.3. The van der Waals surface area contributed by atoms with Crippen LogP contribution in [0.15, 0.2) is 24.3 Å². The molecule has 0 aliphatic carbocycles. The van der Waals surface area contributed by atoms with Crippen molar-refractivity contribution < 1.29 is 9.90 Å². The summed E-state index contributed by atoms with van der Waals surface area (Å²) in [6, 6.07) is 7.61. The summed E-state index contributed by atoms with van der Waals surface area (Å²) in [4.78, 5) is 10.3. The monoisotopic (exact) mass is 227 g/mol. The summed E-state index contributed by atoms with van der Waals surface area (Å²) < 4.78 is 0. The molecule has 1 aromatic carbocycles. The van der Waals surface area contributed by atoms with Crippen molar-refractivity contribution in [3.05, 3.63) is 34.9 Å². The van der Waals surface area contributed by atoms with Crippen LogP contribution in [0.1, 0.15) is 24.9 Å². The van der Waals surface area contributed by atoms with Gasteiger partial charge in [0.15, 0.2) is 0 Å². The number of carboxylic acid groups (broad SMARTS) is 1. The molecule has 3 nitrogen and oxygen atoms in total. The van der Waals surface area contributed by atoms with Crippen molar-refractivity contribution in [2.24, 2.45) is 0 Å². The highest BCUT2D eigenvalue weighted by Crippen LogP contribution is 2.21. The van der Waals surface area contributed by atoms with Crippen LogP contribution in [-0.2, 0) is 4.79 Å². The summed E-state index contributed by atoms with van der Waals surface area (Å²) in [5.74, 6) is -0.797. The van der Waals surface area contributed by atoms with Crippen LogP contribution in [0, 0.1) is 0 Å². The summed E-state index contributed by atoms with van der Waals surface area (Å²) in [5.41, 5.74) is 0.990. The second-order valence-corrected chi connectivity index (χ2v) is 3.75. The normalized spacial score (nSPS) is 12.4. The molecular weight excluding hydrogens is 214 g/mol. The average Bonchev–Trinajstić information content (AvgIpc) is 2.17. The number of aliphatic carboxylic acids is 1. The third kappa shape index (κ3) is 3.90. The molecule has 0 bridgehead atoms. The van der Waals surface area contributed by atoms with E-state index in [1.165, 1.54) is 0 Å². The molecule has 0 saturated heterocycles. The molecule has 0 aromatic heterocycles. The van der Waals surface area contributed by atoms with E-state index in [0.717, 1.165) is 5.56 Å². The fraction of sp³-hybridized carbons (Fsp3) is 0.364. The van der Waals surface area contributed by atoms with Crippen LogP contribution < -0.4 is 5.32 Å². The van der Waals surface area contributed by atoms with Gasteiger partial charge in [-0.1, -0.05) is 29.8 Å². The number of hydrogen-bond acceptors (Lipinski definition) is 2. The summed E-state index contributed by atoms with van der Waals surface area (Å²) in [6.45, 7) is 2.41. The van der Waals surface area contributed by atoms with Gasteiger partial charge in [-0.25, -0.2) is 0 Å². The van der Waals surface area contributed by atoms with E-state index in [-0.39, 0.29) is 12.5 Å². The third-order valence-corrected chi connectivity index (χ3v) is 2.51. The lowest BCUT2D eigenvalue weighted by atomic mass is 10.1. The van der Waals surface area contributed by atoms with Crippen molar-refractivity contribution in [2.75, 3.05) is 6.54 Å². The van der Waals surface area contributed by atoms with Gasteiger partial charge in [0.05, 0.1) is 6.42 Å². The first-order valence-electron chi connectivity index (χ1n) is 4.81. The van der Waals surface area contributed by atoms with E-state index in [2.05, 4.69) is 5.32 Å². The highest BCUT2D eigenvalue weighted by molar-refractivity contribution is 6.31. The maximum absolute atomic E-state index is 10.3. The predicted molar refractivity (Wildman–Crippen MR) is 60.1 cm³/mol. The Kier molecular flexibility index (Phi) is 4.59. The molecule has 0 amide bonds. The number of nitrogens with one attached hydrogen (secondary N) is 1. The minimum Gasteiger partial charge on any atom is -0.481 e. The number of hydrogen-bond donors (Lipinski definition) is 2. The highest BCUT2D eigenvalue weighted by Gasteiger charge is 2.08. The minimum atomic E-state index is -0.797. The van der Waals surface area contributed by atoms with E-state index in [1.807, 2.05) is 31.2 Å². The zero-order valence-electron chi connectivity index (χ0n) is 8.53. The van der Waals surface area contributed by atoms with Gasteiger partial charge >= 0.3 is 5.97 Å². The molecule has 82 valence electrons. The first-order chi connectivity index (χ1) is 7.11. The fourth-order valence-electron chi connectivity index (χ4n) is 1.33. The van der Waals surface area contributed by atoms with Crippen LogP contribution in [0.4, 0.5) is 0 Å². The van der Waals surface area contributed by atoms with Gasteiger partial charge in [0, 0.05) is 17.6 Å². The van der Waals surface area contributed by atoms with Crippen molar-refractivity contribution in [2.45, 2.75) is 19.4 Å². The van der Waals surface area contributed by atoms with Crippen molar-refractivity contribution in [3.63, 3.8) is 0 Å². The molecular formula is C11H14ClNO2. The Morgan fingerprint density at radius 3 is 2.80 bits per heavy atom. The van der Waals surface area contributed by atoms with Crippen molar-refractivity contribution in [1.82, 2.24) is 5.32 Å². The first kappa shape index (κ1) is 12.0. The molecule has 1 rings (SSSR count). The van der Waals surface area contributed by atoms with Crippen LogP contribution in [0.25, 0.3) is 0 Å². The SMILES string of the molecule is CC(NCCC(=O)O)c1ccccc1Cl. The molecule has 0 aliphatic heterocycles. The highest BCUT2D eigenvalue weighted by atomic mass is 35.5. The van der Waals surface area contributed by atoms with Crippen molar-refractivity contribution in [1.29, 1.82) is 0 Å². The van der Waals surface area contributed by atoms with E-state index in [4.69, 9.17) is 16.7 Å². The number of rotatable bonds is 5. The Bertz CT molecular complexity index is 341. The van der Waals surface area contributed by atoms with Gasteiger partial charge in [-0.2, -0.15) is 0 Å². The van der Waals surface area contributed by atoms with Gasteiger partial charge in [-0.05, 0) is 18.6 Å². The van der Waals surface area contributed by atoms with Gasteiger partial charge in [0.1, 0.15) is 0 Å². The number of halogens is 1. The Labute approximate surface area is 94.1 Å². The summed E-state index contributed by atoms with van der Waals surface area (Å²) in [6.07, 6.45) is 0.120. The fourth-order valence-corrected chi connectivity index (χ4v) is 1.63. The van der Waals surface area contributed by atoms with Crippen molar-refractivity contribution >= 4 is 17.6 Å². The van der Waals surface area contributed by atoms with Gasteiger partial charge in [-0.15, -0.1) is 0 Å². The first-order valence-corrected chi connectivity index (χ1v) is 5.18. The zero-order chi connectivity index (χ0) is 11.3. The van der Waals surface area contributed by atoms with Gasteiger partial charge in [0.2, 0.25) is 0 Å². The summed E-state index contributed by atoms with van der Waals surface area (Å²) in [7, 11) is 0. The molecule has 0 radical (unpaired) electrons. The van der Waals surface area contributed by atoms with E-state index in [0.29, 0.717) is 11.6 Å². The molecule has 0 saturated carbocycles. The topological polar surface area (TPSA) is 49.3 Å². The zero-order valence-corrected chi connectivity index (χ0v) is 9.29. The van der Waals surface area contributed by atoms with Crippen LogP contribution in [0.2, 0.25) is 5.02 Å². The molecule has 2 N–H and O–H groups in total. The molecule has 4 heteroatoms. The number of carbonyl (C=O) groups is 1. The molecule has 0 aliphatic rings. The lowest BCUT2D eigenvalue weighted by Gasteiger charge is -2.14. The standard InChI is InChI=1S/C11H14ClNO2/c1-8(13-7-6-11(14)15)9-4-2-3-5-10(9)12/h2-5,8,13H,6-7H2,1H3,(H,14,15). The van der Waals surface area contributed by atoms with E-state index in [9.17, 15) is 4.79 Å². The average molecular weight is 228 g/mol. The predicted octanol–water partition coefficient (Wildman–Crippen LogP) is 2.47. The van der Waals surface area contributed by atoms with Crippen LogP contribution in [0.5, 0.6) is 0 Å². The van der Waals surface area contributed by atoms with Crippen molar-refractivity contribution in [3.8, 4) is 0 Å². The van der Waals surface area contributed by atoms with Gasteiger partial charge in [0.25, 0.3) is 0 Å². The second-order valence-electron chi connectivity index (χ2n) is 3.34. The van der Waals surface area contributed by atoms with E-state index >= 15 is 0 Å². The summed E-state index contributed by atoms with van der Waals surface area (Å²) >= 11 is 6.00. The molecule has 0 fully saturated rings. The third-order valence-electron chi connectivity index (χ3n) is 2.16. The Balaban J connectivity index is 2.50. The minimum absolute atomic E-state index is 0.0676. The second kappa shape index (κ2) is 5.73. The molecule has 1 aromatic rings. The van der Waals surface area contributed by atoms with E-state index in [1.54, 1.807) is 0 Å². The smallest absolute Gasteiger partial charge is 0.304 e. The summed E-state index contributed by atoms with van der Waals surface area (Å²) in [5, 5.41) is 12.3. The molecule has 1 atom stereocenters. The Morgan fingerprint density at radius 2 is 2.20 bits per heavy atom. The van der Waals surface area contributed by atoms with Crippen LogP contribution >= 0.6 is 11.6 Å². The molecule has 0 spiro atoms. The van der Waals surface area contributed by atoms with Crippen LogP contribution in [-0.4, -0.2) is 17.6 Å².